The molecule has 0 atom stereocenters. The second kappa shape index (κ2) is 5.78. The molecular formula is C13H18BrFO. The summed E-state index contributed by atoms with van der Waals surface area (Å²) < 4.78 is 13.7. The fourth-order valence-corrected chi connectivity index (χ4v) is 2.34. The number of benzene rings is 1. The van der Waals surface area contributed by atoms with Crippen molar-refractivity contribution in [1.29, 1.82) is 0 Å². The minimum absolute atomic E-state index is 0.0830. The van der Waals surface area contributed by atoms with Crippen LogP contribution in [0.25, 0.3) is 0 Å². The van der Waals surface area contributed by atoms with Crippen LogP contribution in [0, 0.1) is 11.2 Å². The zero-order chi connectivity index (χ0) is 12.2. The highest BCUT2D eigenvalue weighted by molar-refractivity contribution is 9.10. The Morgan fingerprint density at radius 2 is 1.94 bits per heavy atom. The molecule has 1 aromatic rings. The average molecular weight is 289 g/mol. The number of aliphatic hydroxyl groups excluding tert-OH is 1. The molecule has 0 saturated heterocycles. The Labute approximate surface area is 105 Å². The molecule has 0 saturated carbocycles. The number of halogens is 2. The summed E-state index contributed by atoms with van der Waals surface area (Å²) in [6.07, 6.45) is 2.62. The highest BCUT2D eigenvalue weighted by atomic mass is 79.9. The molecule has 1 nitrogen and oxygen atoms in total. The number of aliphatic hydroxyl groups is 1. The van der Waals surface area contributed by atoms with Crippen LogP contribution in [0.15, 0.2) is 22.7 Å². The molecule has 0 aromatic heterocycles. The quantitative estimate of drug-likeness (QED) is 0.870. The molecule has 0 radical (unpaired) electrons. The summed E-state index contributed by atoms with van der Waals surface area (Å²) >= 11 is 3.37. The van der Waals surface area contributed by atoms with E-state index in [0.717, 1.165) is 29.3 Å². The lowest BCUT2D eigenvalue weighted by atomic mass is 9.78. The van der Waals surface area contributed by atoms with Crippen molar-refractivity contribution in [1.82, 2.24) is 0 Å². The Morgan fingerprint density at radius 1 is 1.31 bits per heavy atom. The van der Waals surface area contributed by atoms with Gasteiger partial charge in [0.15, 0.2) is 0 Å². The lowest BCUT2D eigenvalue weighted by Gasteiger charge is -2.29. The summed E-state index contributed by atoms with van der Waals surface area (Å²) in [6.45, 7) is 4.33. The van der Waals surface area contributed by atoms with Crippen molar-refractivity contribution in [2.24, 2.45) is 5.41 Å². The molecule has 1 aromatic carbocycles. The summed E-state index contributed by atoms with van der Waals surface area (Å²) in [6, 6.07) is 4.73. The van der Waals surface area contributed by atoms with Crippen molar-refractivity contribution < 1.29 is 9.50 Å². The Hall–Kier alpha value is -0.410. The Balaban J connectivity index is 2.93. The van der Waals surface area contributed by atoms with E-state index in [4.69, 9.17) is 0 Å². The monoisotopic (exact) mass is 288 g/mol. The smallest absolute Gasteiger partial charge is 0.124 e. The van der Waals surface area contributed by atoms with E-state index < -0.39 is 0 Å². The maximum absolute atomic E-state index is 12.9. The van der Waals surface area contributed by atoms with Gasteiger partial charge in [-0.1, -0.05) is 35.8 Å². The first-order chi connectivity index (χ1) is 7.56. The zero-order valence-electron chi connectivity index (χ0n) is 9.76. The van der Waals surface area contributed by atoms with Crippen molar-refractivity contribution in [3.8, 4) is 0 Å². The summed E-state index contributed by atoms with van der Waals surface area (Å²) in [4.78, 5) is 0. The predicted molar refractivity (Wildman–Crippen MR) is 67.9 cm³/mol. The van der Waals surface area contributed by atoms with Gasteiger partial charge in [-0.15, -0.1) is 0 Å². The van der Waals surface area contributed by atoms with Crippen LogP contribution in [-0.2, 0) is 6.42 Å². The van der Waals surface area contributed by atoms with Gasteiger partial charge in [0.05, 0.1) is 0 Å². The van der Waals surface area contributed by atoms with Crippen LogP contribution in [0.2, 0.25) is 0 Å². The van der Waals surface area contributed by atoms with E-state index in [2.05, 4.69) is 29.8 Å². The van der Waals surface area contributed by atoms with Crippen LogP contribution in [0.1, 0.15) is 32.3 Å². The van der Waals surface area contributed by atoms with Gasteiger partial charge in [0.2, 0.25) is 0 Å². The summed E-state index contributed by atoms with van der Waals surface area (Å²) in [7, 11) is 0. The maximum Gasteiger partial charge on any atom is 0.124 e. The minimum atomic E-state index is -0.238. The molecule has 90 valence electrons. The Kier molecular flexibility index (Phi) is 4.93. The third kappa shape index (κ3) is 3.05. The molecule has 0 aliphatic carbocycles. The van der Waals surface area contributed by atoms with E-state index in [1.54, 1.807) is 6.07 Å². The Morgan fingerprint density at radius 3 is 2.38 bits per heavy atom. The first-order valence-corrected chi connectivity index (χ1v) is 6.41. The van der Waals surface area contributed by atoms with Crippen LogP contribution in [0.4, 0.5) is 4.39 Å². The number of hydrogen-bond donors (Lipinski definition) is 1. The lowest BCUT2D eigenvalue weighted by Crippen LogP contribution is -2.26. The molecule has 0 aliphatic heterocycles. The summed E-state index contributed by atoms with van der Waals surface area (Å²) in [5, 5.41) is 9.49. The van der Waals surface area contributed by atoms with Gasteiger partial charge in [0.25, 0.3) is 0 Å². The molecule has 0 fully saturated rings. The van der Waals surface area contributed by atoms with Gasteiger partial charge in [-0.3, -0.25) is 0 Å². The predicted octanol–water partition coefficient (Wildman–Crippen LogP) is 3.93. The largest absolute Gasteiger partial charge is 0.396 e. The number of rotatable bonds is 5. The van der Waals surface area contributed by atoms with Crippen LogP contribution in [0.5, 0.6) is 0 Å². The van der Waals surface area contributed by atoms with Gasteiger partial charge in [-0.2, -0.15) is 0 Å². The fourth-order valence-electron chi connectivity index (χ4n) is 1.85. The molecule has 0 bridgehead atoms. The average Bonchev–Trinajstić information content (AvgIpc) is 2.29. The van der Waals surface area contributed by atoms with Crippen LogP contribution in [0.3, 0.4) is 0 Å². The summed E-state index contributed by atoms with van der Waals surface area (Å²) in [5.74, 6) is -0.238. The lowest BCUT2D eigenvalue weighted by molar-refractivity contribution is 0.115. The van der Waals surface area contributed by atoms with Crippen LogP contribution >= 0.6 is 15.9 Å². The fraction of sp³-hybridized carbons (Fsp3) is 0.538. The Bertz CT molecular complexity index is 340. The van der Waals surface area contributed by atoms with Crippen molar-refractivity contribution in [3.63, 3.8) is 0 Å². The van der Waals surface area contributed by atoms with E-state index in [1.165, 1.54) is 12.1 Å². The molecule has 16 heavy (non-hydrogen) atoms. The SMILES string of the molecule is CCC(CC)(CO)Cc1ccc(F)cc1Br. The first kappa shape index (κ1) is 13.7. The molecular weight excluding hydrogens is 271 g/mol. The normalized spacial score (nSPS) is 11.8. The van der Waals surface area contributed by atoms with Gasteiger partial charge >= 0.3 is 0 Å². The van der Waals surface area contributed by atoms with E-state index in [-0.39, 0.29) is 17.8 Å². The minimum Gasteiger partial charge on any atom is -0.396 e. The maximum atomic E-state index is 12.9. The third-order valence-corrected chi connectivity index (χ3v) is 4.15. The molecule has 0 spiro atoms. The first-order valence-electron chi connectivity index (χ1n) is 5.61. The van der Waals surface area contributed by atoms with E-state index in [0.29, 0.717) is 0 Å². The second-order valence-electron chi connectivity index (χ2n) is 4.28. The third-order valence-electron chi connectivity index (χ3n) is 3.42. The van der Waals surface area contributed by atoms with Crippen molar-refractivity contribution in [2.45, 2.75) is 33.1 Å². The van der Waals surface area contributed by atoms with Gasteiger partial charge in [0, 0.05) is 11.1 Å². The van der Waals surface area contributed by atoms with Crippen molar-refractivity contribution in [2.75, 3.05) is 6.61 Å². The standard InChI is InChI=1S/C13H18BrFO/c1-3-13(4-2,9-16)8-10-5-6-11(15)7-12(10)14/h5-7,16H,3-4,8-9H2,1-2H3. The highest BCUT2D eigenvalue weighted by Gasteiger charge is 2.26. The topological polar surface area (TPSA) is 20.2 Å². The molecule has 0 amide bonds. The van der Waals surface area contributed by atoms with Gasteiger partial charge in [-0.05, 0) is 42.4 Å². The van der Waals surface area contributed by atoms with Gasteiger partial charge in [0.1, 0.15) is 5.82 Å². The molecule has 1 rings (SSSR count). The van der Waals surface area contributed by atoms with E-state index >= 15 is 0 Å². The molecule has 3 heteroatoms. The van der Waals surface area contributed by atoms with Gasteiger partial charge in [-0.25, -0.2) is 4.39 Å². The van der Waals surface area contributed by atoms with Crippen LogP contribution < -0.4 is 0 Å². The van der Waals surface area contributed by atoms with Crippen molar-refractivity contribution >= 4 is 15.9 Å². The van der Waals surface area contributed by atoms with Crippen molar-refractivity contribution in [3.05, 3.63) is 34.1 Å². The molecule has 0 heterocycles. The molecule has 0 unspecified atom stereocenters. The highest BCUT2D eigenvalue weighted by Crippen LogP contribution is 2.33. The number of hydrogen-bond acceptors (Lipinski definition) is 1. The summed E-state index contributed by atoms with van der Waals surface area (Å²) in [5.41, 5.74) is 0.972. The molecule has 0 aliphatic rings. The molecule has 1 N–H and O–H groups in total. The zero-order valence-corrected chi connectivity index (χ0v) is 11.3. The van der Waals surface area contributed by atoms with Crippen LogP contribution in [-0.4, -0.2) is 11.7 Å². The second-order valence-corrected chi connectivity index (χ2v) is 5.13. The van der Waals surface area contributed by atoms with E-state index in [9.17, 15) is 9.50 Å². The van der Waals surface area contributed by atoms with E-state index in [1.807, 2.05) is 0 Å². The van der Waals surface area contributed by atoms with Gasteiger partial charge < -0.3 is 5.11 Å².